The summed E-state index contributed by atoms with van der Waals surface area (Å²) in [4.78, 5) is 13.3. The molecule has 6 N–H and O–H groups in total. The highest BCUT2D eigenvalue weighted by Crippen LogP contribution is 2.24. The lowest BCUT2D eigenvalue weighted by molar-refractivity contribution is -0.902. The number of likely N-dealkylation sites (N-methyl/N-ethyl adjacent to an activating group) is 1. The van der Waals surface area contributed by atoms with Crippen LogP contribution in [0.4, 0.5) is 17.1 Å². The molecule has 2 rings (SSSR count). The Morgan fingerprint density at radius 1 is 1.25 bits per heavy atom. The highest BCUT2D eigenvalue weighted by molar-refractivity contribution is 5.75. The second kappa shape index (κ2) is 6.19. The number of hydrogen-bond acceptors (Lipinski definition) is 4. The molecule has 0 unspecified atom stereocenters. The third-order valence-electron chi connectivity index (χ3n) is 3.79. The highest BCUT2D eigenvalue weighted by Gasteiger charge is 2.30. The van der Waals surface area contributed by atoms with Crippen LogP contribution in [0.3, 0.4) is 0 Å². The second-order valence-electron chi connectivity index (χ2n) is 5.49. The molecule has 7 heteroatoms. The number of benzene rings is 1. The normalized spacial score (nSPS) is 17.4. The summed E-state index contributed by atoms with van der Waals surface area (Å²) in [6.07, 6.45) is 0. The molecule has 1 amide bonds. The maximum atomic E-state index is 11.1. The van der Waals surface area contributed by atoms with E-state index in [-0.39, 0.29) is 18.3 Å². The number of primary amides is 1. The molecular weight excluding hydrogens is 278 g/mol. The average molecular weight is 300 g/mol. The molecule has 6 nitrogen and oxygen atoms in total. The number of amides is 1. The molecule has 0 saturated carbocycles. The van der Waals surface area contributed by atoms with E-state index in [4.69, 9.17) is 17.2 Å². The third-order valence-corrected chi connectivity index (χ3v) is 3.79. The summed E-state index contributed by atoms with van der Waals surface area (Å²) < 4.78 is 0.705. The van der Waals surface area contributed by atoms with Gasteiger partial charge in [-0.1, -0.05) is 0 Å². The first-order chi connectivity index (χ1) is 8.89. The van der Waals surface area contributed by atoms with E-state index in [9.17, 15) is 4.79 Å². The number of rotatable bonds is 3. The number of hydrogen-bond donors (Lipinski definition) is 3. The van der Waals surface area contributed by atoms with E-state index >= 15 is 0 Å². The predicted octanol–water partition coefficient (Wildman–Crippen LogP) is -3.39. The second-order valence-corrected chi connectivity index (χ2v) is 5.49. The van der Waals surface area contributed by atoms with Gasteiger partial charge in [-0.15, -0.1) is 0 Å². The van der Waals surface area contributed by atoms with Gasteiger partial charge >= 0.3 is 0 Å². The van der Waals surface area contributed by atoms with Crippen molar-refractivity contribution in [2.24, 2.45) is 5.73 Å². The molecule has 1 aliphatic heterocycles. The Hall–Kier alpha value is -1.66. The van der Waals surface area contributed by atoms with Crippen LogP contribution in [0.15, 0.2) is 18.2 Å². The van der Waals surface area contributed by atoms with Crippen LogP contribution in [0.1, 0.15) is 0 Å². The van der Waals surface area contributed by atoms with Crippen LogP contribution < -0.4 is 34.5 Å². The van der Waals surface area contributed by atoms with Crippen molar-refractivity contribution in [3.63, 3.8) is 0 Å². The van der Waals surface area contributed by atoms with E-state index in [1.165, 1.54) is 0 Å². The van der Waals surface area contributed by atoms with Gasteiger partial charge in [0.25, 0.3) is 5.91 Å². The van der Waals surface area contributed by atoms with Gasteiger partial charge in [0.2, 0.25) is 0 Å². The summed E-state index contributed by atoms with van der Waals surface area (Å²) in [5.41, 5.74) is 19.1. The fourth-order valence-corrected chi connectivity index (χ4v) is 2.50. The molecule has 1 heterocycles. The monoisotopic (exact) mass is 299 g/mol. The van der Waals surface area contributed by atoms with E-state index in [2.05, 4.69) is 11.9 Å². The van der Waals surface area contributed by atoms with Crippen LogP contribution in [0.25, 0.3) is 0 Å². The first kappa shape index (κ1) is 16.4. The van der Waals surface area contributed by atoms with Crippen molar-refractivity contribution in [3.05, 3.63) is 18.2 Å². The number of nitrogen functional groups attached to an aromatic ring is 2. The van der Waals surface area contributed by atoms with Crippen LogP contribution in [0, 0.1) is 0 Å². The van der Waals surface area contributed by atoms with Crippen LogP contribution in [-0.2, 0) is 4.79 Å². The van der Waals surface area contributed by atoms with Gasteiger partial charge in [-0.3, -0.25) is 4.79 Å². The summed E-state index contributed by atoms with van der Waals surface area (Å²) >= 11 is 0. The minimum atomic E-state index is -0.243. The number of nitrogens with zero attached hydrogens (tertiary/aromatic N) is 2. The number of carbonyl (C=O) groups is 1. The number of carbonyl (C=O) groups excluding carboxylic acids is 1. The maximum Gasteiger partial charge on any atom is 0.272 e. The number of anilines is 3. The quantitative estimate of drug-likeness (QED) is 0.400. The first-order valence-electron chi connectivity index (χ1n) is 6.41. The first-order valence-corrected chi connectivity index (χ1v) is 6.41. The fraction of sp³-hybridized carbons (Fsp3) is 0.462. The van der Waals surface area contributed by atoms with Crippen LogP contribution >= 0.6 is 0 Å². The van der Waals surface area contributed by atoms with Crippen LogP contribution in [0.5, 0.6) is 0 Å². The van der Waals surface area contributed by atoms with Crippen molar-refractivity contribution in [2.45, 2.75) is 0 Å². The van der Waals surface area contributed by atoms with Gasteiger partial charge in [0.05, 0.1) is 44.6 Å². The highest BCUT2D eigenvalue weighted by atomic mass is 35.5. The predicted molar refractivity (Wildman–Crippen MR) is 77.5 cm³/mol. The number of piperazine rings is 1. The molecule has 0 spiro atoms. The Morgan fingerprint density at radius 2 is 1.85 bits per heavy atom. The third kappa shape index (κ3) is 3.68. The molecule has 0 aromatic heterocycles. The van der Waals surface area contributed by atoms with Gasteiger partial charge in [-0.05, 0) is 18.2 Å². The lowest BCUT2D eigenvalue weighted by Crippen LogP contribution is -3.00. The Kier molecular flexibility index (Phi) is 5.08. The van der Waals surface area contributed by atoms with Gasteiger partial charge in [0.15, 0.2) is 6.54 Å². The van der Waals surface area contributed by atoms with E-state index in [0.717, 1.165) is 31.9 Å². The van der Waals surface area contributed by atoms with Gasteiger partial charge < -0.3 is 39.0 Å². The van der Waals surface area contributed by atoms with E-state index in [0.29, 0.717) is 22.4 Å². The van der Waals surface area contributed by atoms with Crippen LogP contribution in [-0.4, -0.2) is 50.2 Å². The molecule has 1 aliphatic rings. The van der Waals surface area contributed by atoms with Crippen molar-refractivity contribution in [1.82, 2.24) is 0 Å². The van der Waals surface area contributed by atoms with Crippen molar-refractivity contribution in [1.29, 1.82) is 0 Å². The minimum absolute atomic E-state index is 0. The number of quaternary nitrogens is 1. The average Bonchev–Trinajstić information content (AvgIpc) is 2.32. The topological polar surface area (TPSA) is 98.4 Å². The fourth-order valence-electron chi connectivity index (χ4n) is 2.50. The van der Waals surface area contributed by atoms with Gasteiger partial charge in [-0.25, -0.2) is 0 Å². The molecule has 0 bridgehead atoms. The van der Waals surface area contributed by atoms with Gasteiger partial charge in [0.1, 0.15) is 0 Å². The molecule has 112 valence electrons. The van der Waals surface area contributed by atoms with Gasteiger partial charge in [0, 0.05) is 5.69 Å². The smallest absolute Gasteiger partial charge is 0.272 e. The lowest BCUT2D eigenvalue weighted by atomic mass is 10.2. The molecule has 1 saturated heterocycles. The van der Waals surface area contributed by atoms with Gasteiger partial charge in [-0.2, -0.15) is 0 Å². The Morgan fingerprint density at radius 3 is 2.35 bits per heavy atom. The van der Waals surface area contributed by atoms with E-state index in [1.54, 1.807) is 0 Å². The van der Waals surface area contributed by atoms with Crippen molar-refractivity contribution >= 4 is 23.0 Å². The molecule has 20 heavy (non-hydrogen) atoms. The largest absolute Gasteiger partial charge is 1.00 e. The van der Waals surface area contributed by atoms with Crippen molar-refractivity contribution < 1.29 is 21.7 Å². The Balaban J connectivity index is 0.00000200. The van der Waals surface area contributed by atoms with Crippen molar-refractivity contribution in [3.8, 4) is 0 Å². The zero-order chi connectivity index (χ0) is 14.0. The molecule has 1 fully saturated rings. The number of halogens is 1. The van der Waals surface area contributed by atoms with E-state index in [1.807, 2.05) is 18.2 Å². The number of nitrogens with two attached hydrogens (primary N) is 3. The summed E-state index contributed by atoms with van der Waals surface area (Å²) in [6, 6.07) is 5.71. The SMILES string of the molecule is C[N+]1(CC(N)=O)CCN(c2ccc(N)c(N)c2)CC1.[Cl-]. The lowest BCUT2D eigenvalue weighted by Gasteiger charge is -2.42. The summed E-state index contributed by atoms with van der Waals surface area (Å²) in [5, 5.41) is 0. The standard InChI is InChI=1S/C13H21N5O.ClH/c1-18(9-13(16)19)6-4-17(5-7-18)10-2-3-11(14)12(15)8-10;/h2-3,8H,4-7,9,14-15H2,1H3,(H-,16,19);1H. The van der Waals surface area contributed by atoms with Crippen molar-refractivity contribution in [2.75, 3.05) is 56.1 Å². The summed E-state index contributed by atoms with van der Waals surface area (Å²) in [7, 11) is 2.07. The molecule has 1 aromatic rings. The minimum Gasteiger partial charge on any atom is -1.00 e. The van der Waals surface area contributed by atoms with Crippen LogP contribution in [0.2, 0.25) is 0 Å². The Labute approximate surface area is 125 Å². The Bertz CT molecular complexity index is 486. The molecule has 0 aliphatic carbocycles. The molecule has 0 atom stereocenters. The molecular formula is C13H22ClN5O. The van der Waals surface area contributed by atoms with E-state index < -0.39 is 0 Å². The summed E-state index contributed by atoms with van der Waals surface area (Å²) in [6.45, 7) is 3.96. The zero-order valence-electron chi connectivity index (χ0n) is 11.7. The summed E-state index contributed by atoms with van der Waals surface area (Å²) in [5.74, 6) is -0.243. The zero-order valence-corrected chi connectivity index (χ0v) is 12.4. The maximum absolute atomic E-state index is 11.1. The molecule has 0 radical (unpaired) electrons. The molecule has 1 aromatic carbocycles.